The number of hydrogen-bond donors (Lipinski definition) is 0. The summed E-state index contributed by atoms with van der Waals surface area (Å²) in [7, 11) is 0. The Morgan fingerprint density at radius 1 is 1.03 bits per heavy atom. The molecule has 2 bridgehead atoms. The van der Waals surface area contributed by atoms with Crippen LogP contribution in [0.4, 0.5) is 0 Å². The third kappa shape index (κ3) is 3.51. The molecule has 0 saturated carbocycles. The number of rotatable bonds is 5. The molecule has 2 fully saturated rings. The monoisotopic (exact) mass is 440 g/mol. The van der Waals surface area contributed by atoms with Crippen molar-refractivity contribution < 1.29 is 9.53 Å². The average molecular weight is 441 g/mol. The lowest BCUT2D eigenvalue weighted by Gasteiger charge is -2.25. The van der Waals surface area contributed by atoms with Gasteiger partial charge in [-0.05, 0) is 50.5 Å². The van der Waals surface area contributed by atoms with Crippen LogP contribution in [0.15, 0.2) is 60.9 Å². The smallest absolute Gasteiger partial charge is 0.258 e. The van der Waals surface area contributed by atoms with E-state index in [1.165, 1.54) is 4.80 Å². The van der Waals surface area contributed by atoms with Gasteiger partial charge in [-0.1, -0.05) is 18.2 Å². The summed E-state index contributed by atoms with van der Waals surface area (Å²) in [6, 6.07) is 16.0. The summed E-state index contributed by atoms with van der Waals surface area (Å²) in [6.45, 7) is 2.45. The highest BCUT2D eigenvalue weighted by Crippen LogP contribution is 2.43. The number of carbonyl (C=O) groups excluding carboxylic acids is 1. The van der Waals surface area contributed by atoms with Gasteiger partial charge in [-0.2, -0.15) is 10.2 Å². The third-order valence-corrected chi connectivity index (χ3v) is 6.77. The Morgan fingerprint density at radius 2 is 1.88 bits per heavy atom. The minimum Gasteiger partial charge on any atom is -0.477 e. The molecule has 0 N–H and O–H groups in total. The van der Waals surface area contributed by atoms with Crippen molar-refractivity contribution in [2.24, 2.45) is 5.92 Å². The number of carbonyl (C=O) groups is 1. The zero-order valence-corrected chi connectivity index (χ0v) is 18.3. The van der Waals surface area contributed by atoms with Crippen molar-refractivity contribution in [2.75, 3.05) is 6.61 Å². The fraction of sp³-hybridized carbons (Fsp3) is 0.320. The Balaban J connectivity index is 1.21. The van der Waals surface area contributed by atoms with Crippen molar-refractivity contribution in [3.05, 3.63) is 72.2 Å². The number of aryl methyl sites for hydroxylation is 1. The van der Waals surface area contributed by atoms with E-state index in [4.69, 9.17) is 4.74 Å². The molecule has 1 amide bonds. The fourth-order valence-corrected chi connectivity index (χ4v) is 5.26. The number of nitrogens with zero attached hydrogens (tertiary/aromatic N) is 6. The Kier molecular flexibility index (Phi) is 4.78. The summed E-state index contributed by atoms with van der Waals surface area (Å²) in [4.78, 5) is 26.3. The highest BCUT2D eigenvalue weighted by atomic mass is 16.5. The van der Waals surface area contributed by atoms with E-state index in [0.717, 1.165) is 35.9 Å². The van der Waals surface area contributed by atoms with Gasteiger partial charge in [0.25, 0.3) is 5.91 Å². The predicted octanol–water partition coefficient (Wildman–Crippen LogP) is 3.59. The van der Waals surface area contributed by atoms with Crippen LogP contribution in [0.3, 0.4) is 0 Å². The highest BCUT2D eigenvalue weighted by Gasteiger charge is 2.49. The molecule has 33 heavy (non-hydrogen) atoms. The van der Waals surface area contributed by atoms with Crippen LogP contribution in [0.2, 0.25) is 0 Å². The van der Waals surface area contributed by atoms with E-state index < -0.39 is 0 Å². The standard InChI is InChI=1S/C25H24N6O2/c1-16-6-9-20(24(28-16)31-26-12-13-27-31)25(32)30-19-8-10-22(30)18(14-19)15-33-23-11-7-17-4-2-3-5-21(17)29-23/h2-7,9,11-13,18-19,22H,8,10,14-15H2,1H3. The summed E-state index contributed by atoms with van der Waals surface area (Å²) >= 11 is 0. The minimum absolute atomic E-state index is 0.00590. The lowest BCUT2D eigenvalue weighted by atomic mass is 9.90. The molecule has 2 saturated heterocycles. The number of pyridine rings is 2. The van der Waals surface area contributed by atoms with Crippen molar-refractivity contribution in [1.29, 1.82) is 0 Å². The van der Waals surface area contributed by atoms with Crippen molar-refractivity contribution in [3.8, 4) is 11.7 Å². The predicted molar refractivity (Wildman–Crippen MR) is 122 cm³/mol. The molecule has 2 aliphatic heterocycles. The van der Waals surface area contributed by atoms with E-state index in [0.29, 0.717) is 23.9 Å². The summed E-state index contributed by atoms with van der Waals surface area (Å²) in [5.74, 6) is 1.38. The summed E-state index contributed by atoms with van der Waals surface area (Å²) in [5.41, 5.74) is 2.27. The van der Waals surface area contributed by atoms with Crippen LogP contribution in [-0.2, 0) is 0 Å². The Bertz CT molecular complexity index is 1320. The first kappa shape index (κ1) is 19.8. The summed E-state index contributed by atoms with van der Waals surface area (Å²) < 4.78 is 6.10. The topological polar surface area (TPSA) is 86.0 Å². The molecule has 6 rings (SSSR count). The Morgan fingerprint density at radius 3 is 2.76 bits per heavy atom. The minimum atomic E-state index is -0.00590. The maximum atomic E-state index is 13.7. The first-order chi connectivity index (χ1) is 16.2. The molecule has 0 radical (unpaired) electrons. The van der Waals surface area contributed by atoms with E-state index in [9.17, 15) is 4.79 Å². The quantitative estimate of drug-likeness (QED) is 0.471. The van der Waals surface area contributed by atoms with Gasteiger partial charge in [-0.3, -0.25) is 4.79 Å². The van der Waals surface area contributed by atoms with Crippen LogP contribution in [0.25, 0.3) is 16.7 Å². The van der Waals surface area contributed by atoms with Crippen LogP contribution in [0, 0.1) is 12.8 Å². The lowest BCUT2D eigenvalue weighted by Crippen LogP contribution is -2.38. The molecule has 3 unspecified atom stereocenters. The Hall–Kier alpha value is -3.81. The number of aromatic nitrogens is 5. The number of para-hydroxylation sites is 1. The number of benzene rings is 1. The van der Waals surface area contributed by atoms with Crippen molar-refractivity contribution in [2.45, 2.75) is 38.3 Å². The lowest BCUT2D eigenvalue weighted by molar-refractivity contribution is 0.0709. The van der Waals surface area contributed by atoms with Crippen molar-refractivity contribution in [3.63, 3.8) is 0 Å². The van der Waals surface area contributed by atoms with Gasteiger partial charge in [0.1, 0.15) is 0 Å². The molecule has 1 aromatic carbocycles. The van der Waals surface area contributed by atoms with Gasteiger partial charge in [-0.15, -0.1) is 4.80 Å². The first-order valence-corrected chi connectivity index (χ1v) is 11.3. The Labute approximate surface area is 191 Å². The summed E-state index contributed by atoms with van der Waals surface area (Å²) in [6.07, 6.45) is 6.14. The molecular formula is C25H24N6O2. The molecule has 8 nitrogen and oxygen atoms in total. The number of ether oxygens (including phenoxy) is 1. The third-order valence-electron chi connectivity index (χ3n) is 6.77. The van der Waals surface area contributed by atoms with Crippen LogP contribution in [0.1, 0.15) is 35.3 Å². The second-order valence-corrected chi connectivity index (χ2v) is 8.80. The van der Waals surface area contributed by atoms with Gasteiger partial charge in [0.05, 0.1) is 30.1 Å². The molecule has 4 aromatic rings. The SMILES string of the molecule is Cc1ccc(C(=O)N2C3CCC2C(COc2ccc4ccccc4n2)C3)c(-n2nccn2)n1. The van der Waals surface area contributed by atoms with Crippen LogP contribution >= 0.6 is 0 Å². The van der Waals surface area contributed by atoms with Crippen LogP contribution < -0.4 is 4.74 Å². The molecule has 0 spiro atoms. The second kappa shape index (κ2) is 7.95. The van der Waals surface area contributed by atoms with Gasteiger partial charge in [0, 0.05) is 35.1 Å². The molecule has 2 aliphatic rings. The molecule has 0 aliphatic carbocycles. The van der Waals surface area contributed by atoms with Gasteiger partial charge < -0.3 is 9.64 Å². The zero-order chi connectivity index (χ0) is 22.4. The van der Waals surface area contributed by atoms with E-state index in [2.05, 4.69) is 20.2 Å². The maximum Gasteiger partial charge on any atom is 0.258 e. The largest absolute Gasteiger partial charge is 0.477 e. The van der Waals surface area contributed by atoms with E-state index >= 15 is 0 Å². The van der Waals surface area contributed by atoms with Gasteiger partial charge in [-0.25, -0.2) is 9.97 Å². The first-order valence-electron chi connectivity index (χ1n) is 11.3. The average Bonchev–Trinajstić information content (AvgIpc) is 3.59. The molecule has 3 atom stereocenters. The molecule has 5 heterocycles. The molecule has 166 valence electrons. The van der Waals surface area contributed by atoms with E-state index in [1.807, 2.05) is 60.4 Å². The van der Waals surface area contributed by atoms with Crippen LogP contribution in [-0.4, -0.2) is 54.5 Å². The van der Waals surface area contributed by atoms with Crippen molar-refractivity contribution >= 4 is 16.8 Å². The number of hydrogen-bond acceptors (Lipinski definition) is 6. The number of fused-ring (bicyclic) bond motifs is 3. The van der Waals surface area contributed by atoms with E-state index in [-0.39, 0.29) is 23.9 Å². The zero-order valence-electron chi connectivity index (χ0n) is 18.3. The van der Waals surface area contributed by atoms with E-state index in [1.54, 1.807) is 12.4 Å². The molecule has 3 aromatic heterocycles. The van der Waals surface area contributed by atoms with Gasteiger partial charge >= 0.3 is 0 Å². The van der Waals surface area contributed by atoms with Crippen molar-refractivity contribution in [1.82, 2.24) is 29.9 Å². The molecular weight excluding hydrogens is 416 g/mol. The van der Waals surface area contributed by atoms with Gasteiger partial charge in [0.2, 0.25) is 5.88 Å². The normalized spacial score (nSPS) is 21.6. The van der Waals surface area contributed by atoms with Crippen LogP contribution in [0.5, 0.6) is 5.88 Å². The maximum absolute atomic E-state index is 13.7. The highest BCUT2D eigenvalue weighted by molar-refractivity contribution is 5.98. The molecule has 8 heteroatoms. The van der Waals surface area contributed by atoms with Gasteiger partial charge in [0.15, 0.2) is 5.82 Å². The second-order valence-electron chi connectivity index (χ2n) is 8.80. The summed E-state index contributed by atoms with van der Waals surface area (Å²) in [5, 5.41) is 9.48. The number of amides is 1. The fourth-order valence-electron chi connectivity index (χ4n) is 5.26.